The third-order valence-electron chi connectivity index (χ3n) is 3.11. The molecule has 1 aromatic heterocycles. The van der Waals surface area contributed by atoms with E-state index in [1.54, 1.807) is 11.5 Å². The van der Waals surface area contributed by atoms with Gasteiger partial charge in [-0.15, -0.1) is 0 Å². The predicted molar refractivity (Wildman–Crippen MR) is 75.6 cm³/mol. The first-order valence-electron chi connectivity index (χ1n) is 6.63. The molecule has 2 atom stereocenters. The van der Waals surface area contributed by atoms with Crippen molar-refractivity contribution in [3.63, 3.8) is 0 Å². The van der Waals surface area contributed by atoms with Crippen LogP contribution in [-0.4, -0.2) is 17.1 Å². The fourth-order valence-electron chi connectivity index (χ4n) is 2.02. The second-order valence-corrected chi connectivity index (χ2v) is 4.76. The van der Waals surface area contributed by atoms with Crippen molar-refractivity contribution < 1.29 is 14.5 Å². The van der Waals surface area contributed by atoms with Gasteiger partial charge in [0, 0.05) is 12.1 Å². The Labute approximate surface area is 118 Å². The number of carbonyl (C=O) groups is 1. The maximum absolute atomic E-state index is 11.9. The normalized spacial score (nSPS) is 13.5. The molecule has 0 spiro atoms. The van der Waals surface area contributed by atoms with Gasteiger partial charge in [-0.3, -0.25) is 4.79 Å². The maximum atomic E-state index is 11.9. The van der Waals surface area contributed by atoms with Crippen molar-refractivity contribution in [2.24, 2.45) is 0 Å². The van der Waals surface area contributed by atoms with E-state index in [0.29, 0.717) is 0 Å². The first kappa shape index (κ1) is 14.2. The van der Waals surface area contributed by atoms with Gasteiger partial charge in [0.15, 0.2) is 12.4 Å². The summed E-state index contributed by atoms with van der Waals surface area (Å²) in [6, 6.07) is 14.6. The lowest BCUT2D eigenvalue weighted by Crippen LogP contribution is -2.46. The molecule has 20 heavy (non-hydrogen) atoms. The Bertz CT molecular complexity index is 543. The predicted octanol–water partition coefficient (Wildman–Crippen LogP) is 1.21. The van der Waals surface area contributed by atoms with E-state index in [1.165, 1.54) is 0 Å². The van der Waals surface area contributed by atoms with Gasteiger partial charge in [0.1, 0.15) is 0 Å². The Hall–Kier alpha value is -2.20. The van der Waals surface area contributed by atoms with E-state index in [1.807, 2.05) is 60.9 Å². The smallest absolute Gasteiger partial charge is 0.286 e. The summed E-state index contributed by atoms with van der Waals surface area (Å²) in [6.07, 6.45) is 2.95. The van der Waals surface area contributed by atoms with Crippen LogP contribution in [0, 0.1) is 0 Å². The van der Waals surface area contributed by atoms with Gasteiger partial charge in [-0.05, 0) is 12.5 Å². The van der Waals surface area contributed by atoms with Crippen LogP contribution in [0.25, 0.3) is 0 Å². The summed E-state index contributed by atoms with van der Waals surface area (Å²) >= 11 is 0. The van der Waals surface area contributed by atoms with Gasteiger partial charge in [0.05, 0.1) is 12.1 Å². The number of rotatable bonds is 5. The molecule has 0 bridgehead atoms. The molecule has 0 saturated carbocycles. The summed E-state index contributed by atoms with van der Waals surface area (Å²) in [7, 11) is 0. The number of aromatic nitrogens is 1. The molecule has 0 unspecified atom stereocenters. The van der Waals surface area contributed by atoms with Gasteiger partial charge in [-0.1, -0.05) is 36.4 Å². The second-order valence-electron chi connectivity index (χ2n) is 4.76. The van der Waals surface area contributed by atoms with E-state index >= 15 is 0 Å². The third kappa shape index (κ3) is 3.90. The van der Waals surface area contributed by atoms with Crippen molar-refractivity contribution in [2.45, 2.75) is 25.6 Å². The highest BCUT2D eigenvalue weighted by Gasteiger charge is 2.19. The highest BCUT2D eigenvalue weighted by atomic mass is 16.3. The first-order valence-corrected chi connectivity index (χ1v) is 6.63. The minimum absolute atomic E-state index is 0.122. The van der Waals surface area contributed by atoms with Crippen LogP contribution in [0.1, 0.15) is 18.6 Å². The lowest BCUT2D eigenvalue weighted by Gasteiger charge is -2.19. The molecule has 0 aliphatic carbocycles. The molecule has 4 heteroatoms. The van der Waals surface area contributed by atoms with Crippen molar-refractivity contribution in [3.05, 3.63) is 66.5 Å². The van der Waals surface area contributed by atoms with E-state index in [2.05, 4.69) is 5.32 Å². The van der Waals surface area contributed by atoms with E-state index in [4.69, 9.17) is 0 Å². The van der Waals surface area contributed by atoms with Crippen molar-refractivity contribution >= 4 is 5.91 Å². The zero-order chi connectivity index (χ0) is 14.4. The second kappa shape index (κ2) is 6.82. The van der Waals surface area contributed by atoms with Gasteiger partial charge in [0.2, 0.25) is 6.54 Å². The Morgan fingerprint density at radius 1 is 1.15 bits per heavy atom. The molecule has 0 aliphatic rings. The van der Waals surface area contributed by atoms with Crippen LogP contribution in [0.15, 0.2) is 60.9 Å². The van der Waals surface area contributed by atoms with Crippen molar-refractivity contribution in [3.8, 4) is 0 Å². The quantitative estimate of drug-likeness (QED) is 0.803. The number of amides is 1. The molecule has 2 N–H and O–H groups in total. The number of benzene rings is 1. The van der Waals surface area contributed by atoms with Crippen LogP contribution >= 0.6 is 0 Å². The molecule has 1 amide bonds. The lowest BCUT2D eigenvalue weighted by molar-refractivity contribution is -0.684. The molecule has 0 fully saturated rings. The lowest BCUT2D eigenvalue weighted by atomic mass is 10.0. The van der Waals surface area contributed by atoms with Gasteiger partial charge >= 0.3 is 0 Å². The fraction of sp³-hybridized carbons (Fsp3) is 0.250. The maximum Gasteiger partial charge on any atom is 0.286 e. The molecule has 4 nitrogen and oxygen atoms in total. The summed E-state index contributed by atoms with van der Waals surface area (Å²) in [5, 5.41) is 13.0. The third-order valence-corrected chi connectivity index (χ3v) is 3.11. The fourth-order valence-corrected chi connectivity index (χ4v) is 2.02. The number of hydrogen-bond acceptors (Lipinski definition) is 2. The summed E-state index contributed by atoms with van der Waals surface area (Å²) in [6.45, 7) is 2.04. The Kier molecular flexibility index (Phi) is 4.85. The zero-order valence-corrected chi connectivity index (χ0v) is 11.4. The van der Waals surface area contributed by atoms with Crippen LogP contribution in [-0.2, 0) is 11.3 Å². The van der Waals surface area contributed by atoms with Crippen LogP contribution in [0.5, 0.6) is 0 Å². The number of pyridine rings is 1. The number of hydrogen-bond donors (Lipinski definition) is 2. The summed E-state index contributed by atoms with van der Waals surface area (Å²) in [5.41, 5.74) is 0.799. The first-order chi connectivity index (χ1) is 9.66. The molecule has 2 rings (SSSR count). The van der Waals surface area contributed by atoms with E-state index in [0.717, 1.165) is 5.56 Å². The molecule has 2 aromatic rings. The Morgan fingerprint density at radius 2 is 1.75 bits per heavy atom. The monoisotopic (exact) mass is 271 g/mol. The molecule has 0 radical (unpaired) electrons. The van der Waals surface area contributed by atoms with Crippen molar-refractivity contribution in [1.29, 1.82) is 0 Å². The van der Waals surface area contributed by atoms with Crippen molar-refractivity contribution in [1.82, 2.24) is 5.32 Å². The number of nitrogens with one attached hydrogen (secondary N) is 1. The molecule has 1 aromatic carbocycles. The highest BCUT2D eigenvalue weighted by Crippen LogP contribution is 2.15. The molecular formula is C16H19N2O2+. The SMILES string of the molecule is C[C@H](NC(=O)C[n+]1ccccc1)[C@H](O)c1ccccc1. The largest absolute Gasteiger partial charge is 0.386 e. The van der Waals surface area contributed by atoms with Crippen LogP contribution in [0.4, 0.5) is 0 Å². The highest BCUT2D eigenvalue weighted by molar-refractivity contribution is 5.74. The standard InChI is InChI=1S/C16H18N2O2/c1-13(16(20)14-8-4-2-5-9-14)17-15(19)12-18-10-6-3-7-11-18/h2-11,13,16,20H,12H2,1H3/p+1/t13-,16-/m0/s1. The molecule has 104 valence electrons. The molecule has 0 saturated heterocycles. The molecular weight excluding hydrogens is 252 g/mol. The van der Waals surface area contributed by atoms with E-state index in [9.17, 15) is 9.90 Å². The molecule has 1 heterocycles. The van der Waals surface area contributed by atoms with Gasteiger partial charge in [-0.25, -0.2) is 0 Å². The topological polar surface area (TPSA) is 53.2 Å². The summed E-state index contributed by atoms with van der Waals surface area (Å²) < 4.78 is 1.79. The Balaban J connectivity index is 1.91. The minimum atomic E-state index is -0.707. The summed E-state index contributed by atoms with van der Waals surface area (Å²) in [5.74, 6) is -0.122. The number of aliphatic hydroxyl groups excluding tert-OH is 1. The van der Waals surface area contributed by atoms with Gasteiger partial charge in [0.25, 0.3) is 5.91 Å². The van der Waals surface area contributed by atoms with E-state index < -0.39 is 6.10 Å². The minimum Gasteiger partial charge on any atom is -0.386 e. The van der Waals surface area contributed by atoms with Crippen LogP contribution < -0.4 is 9.88 Å². The number of carbonyl (C=O) groups excluding carboxylic acids is 1. The van der Waals surface area contributed by atoms with Crippen molar-refractivity contribution in [2.75, 3.05) is 0 Å². The van der Waals surface area contributed by atoms with Gasteiger partial charge in [-0.2, -0.15) is 4.57 Å². The van der Waals surface area contributed by atoms with E-state index in [-0.39, 0.29) is 18.5 Å². The number of nitrogens with zero attached hydrogens (tertiary/aromatic N) is 1. The Morgan fingerprint density at radius 3 is 2.40 bits per heavy atom. The average molecular weight is 271 g/mol. The van der Waals surface area contributed by atoms with Crippen LogP contribution in [0.2, 0.25) is 0 Å². The molecule has 0 aliphatic heterocycles. The van der Waals surface area contributed by atoms with Gasteiger partial charge < -0.3 is 10.4 Å². The average Bonchev–Trinajstić information content (AvgIpc) is 2.48. The zero-order valence-electron chi connectivity index (χ0n) is 11.4. The van der Waals surface area contributed by atoms with Crippen LogP contribution in [0.3, 0.4) is 0 Å². The summed E-state index contributed by atoms with van der Waals surface area (Å²) in [4.78, 5) is 11.9. The number of aliphatic hydroxyl groups is 1.